The lowest BCUT2D eigenvalue weighted by atomic mass is 9.89. The molecule has 1 rings (SSSR count). The lowest BCUT2D eigenvalue weighted by Crippen LogP contribution is -2.29. The molecule has 1 aliphatic rings. The number of aliphatic hydroxyl groups excluding tert-OH is 1. The first kappa shape index (κ1) is 10.9. The van der Waals surface area contributed by atoms with Crippen LogP contribution in [0.3, 0.4) is 0 Å². The first-order chi connectivity index (χ1) is 6.54. The molecule has 4 nitrogen and oxygen atoms in total. The second-order valence-electron chi connectivity index (χ2n) is 3.51. The molecular weight excluding hydrogens is 184 g/mol. The van der Waals surface area contributed by atoms with Crippen LogP contribution in [0.15, 0.2) is 11.1 Å². The standard InChI is InChI=1S/C10H14O4/c1-6-8(5-11)3-9(4-10(6)13)14-7(2)12/h5,9-10,13H,3-4H2,1-2H3/t9-,10+/m1/s1. The molecule has 0 unspecified atom stereocenters. The number of rotatable bonds is 2. The zero-order valence-electron chi connectivity index (χ0n) is 8.32. The summed E-state index contributed by atoms with van der Waals surface area (Å²) < 4.78 is 4.95. The molecule has 0 aromatic rings. The monoisotopic (exact) mass is 198 g/mol. The van der Waals surface area contributed by atoms with Gasteiger partial charge in [-0.1, -0.05) is 0 Å². The molecule has 0 aromatic heterocycles. The second kappa shape index (κ2) is 4.37. The van der Waals surface area contributed by atoms with Gasteiger partial charge in [0.25, 0.3) is 0 Å². The molecule has 0 amide bonds. The van der Waals surface area contributed by atoms with Crippen molar-refractivity contribution in [2.75, 3.05) is 0 Å². The number of carbonyl (C=O) groups excluding carboxylic acids is 2. The van der Waals surface area contributed by atoms with Gasteiger partial charge in [0.2, 0.25) is 0 Å². The van der Waals surface area contributed by atoms with E-state index in [2.05, 4.69) is 0 Å². The fraction of sp³-hybridized carbons (Fsp3) is 0.600. The van der Waals surface area contributed by atoms with Gasteiger partial charge in [-0.15, -0.1) is 0 Å². The topological polar surface area (TPSA) is 63.6 Å². The number of carbonyl (C=O) groups is 2. The van der Waals surface area contributed by atoms with Gasteiger partial charge >= 0.3 is 5.97 Å². The lowest BCUT2D eigenvalue weighted by molar-refractivity contribution is -0.148. The molecule has 0 radical (unpaired) electrons. The summed E-state index contributed by atoms with van der Waals surface area (Å²) in [4.78, 5) is 21.3. The van der Waals surface area contributed by atoms with E-state index in [0.717, 1.165) is 0 Å². The third-order valence-electron chi connectivity index (χ3n) is 2.41. The number of hydrogen-bond donors (Lipinski definition) is 1. The Bertz CT molecular complexity index is 280. The van der Waals surface area contributed by atoms with Crippen LogP contribution in [0.5, 0.6) is 0 Å². The van der Waals surface area contributed by atoms with E-state index in [4.69, 9.17) is 4.74 Å². The Hall–Kier alpha value is -1.16. The lowest BCUT2D eigenvalue weighted by Gasteiger charge is -2.27. The maximum atomic E-state index is 10.7. The summed E-state index contributed by atoms with van der Waals surface area (Å²) >= 11 is 0. The van der Waals surface area contributed by atoms with Crippen LogP contribution in [-0.4, -0.2) is 29.6 Å². The summed E-state index contributed by atoms with van der Waals surface area (Å²) in [7, 11) is 0. The summed E-state index contributed by atoms with van der Waals surface area (Å²) in [5.41, 5.74) is 1.22. The van der Waals surface area contributed by atoms with Crippen molar-refractivity contribution in [1.29, 1.82) is 0 Å². The van der Waals surface area contributed by atoms with Gasteiger partial charge in [-0.3, -0.25) is 9.59 Å². The van der Waals surface area contributed by atoms with Crippen LogP contribution in [0.4, 0.5) is 0 Å². The van der Waals surface area contributed by atoms with Crippen LogP contribution in [0.1, 0.15) is 26.7 Å². The van der Waals surface area contributed by atoms with Crippen LogP contribution in [0.25, 0.3) is 0 Å². The van der Waals surface area contributed by atoms with Crippen LogP contribution in [0.2, 0.25) is 0 Å². The molecule has 1 aliphatic carbocycles. The van der Waals surface area contributed by atoms with Crippen molar-refractivity contribution in [3.63, 3.8) is 0 Å². The quantitative estimate of drug-likeness (QED) is 0.521. The van der Waals surface area contributed by atoms with Gasteiger partial charge in [-0.25, -0.2) is 0 Å². The van der Waals surface area contributed by atoms with Crippen molar-refractivity contribution in [3.8, 4) is 0 Å². The van der Waals surface area contributed by atoms with Crippen molar-refractivity contribution in [2.45, 2.75) is 38.9 Å². The van der Waals surface area contributed by atoms with Crippen molar-refractivity contribution in [3.05, 3.63) is 11.1 Å². The highest BCUT2D eigenvalue weighted by Gasteiger charge is 2.26. The molecule has 0 saturated heterocycles. The molecule has 2 atom stereocenters. The van der Waals surface area contributed by atoms with E-state index in [-0.39, 0.29) is 12.1 Å². The van der Waals surface area contributed by atoms with E-state index in [9.17, 15) is 14.7 Å². The molecule has 0 spiro atoms. The van der Waals surface area contributed by atoms with Gasteiger partial charge in [0.1, 0.15) is 12.4 Å². The number of esters is 1. The minimum atomic E-state index is -0.673. The van der Waals surface area contributed by atoms with Gasteiger partial charge in [0.05, 0.1) is 6.10 Å². The van der Waals surface area contributed by atoms with E-state index in [0.29, 0.717) is 30.3 Å². The Morgan fingerprint density at radius 2 is 2.29 bits per heavy atom. The van der Waals surface area contributed by atoms with E-state index in [1.807, 2.05) is 0 Å². The highest BCUT2D eigenvalue weighted by Crippen LogP contribution is 2.25. The van der Waals surface area contributed by atoms with Gasteiger partial charge in [0.15, 0.2) is 0 Å². The Labute approximate surface area is 82.6 Å². The Balaban J connectivity index is 2.73. The molecule has 0 heterocycles. The van der Waals surface area contributed by atoms with E-state index >= 15 is 0 Å². The summed E-state index contributed by atoms with van der Waals surface area (Å²) in [5.74, 6) is -0.382. The minimum absolute atomic E-state index is 0.369. The van der Waals surface area contributed by atoms with Gasteiger partial charge in [-0.05, 0) is 18.1 Å². The zero-order chi connectivity index (χ0) is 10.7. The van der Waals surface area contributed by atoms with Crippen LogP contribution < -0.4 is 0 Å². The maximum Gasteiger partial charge on any atom is 0.302 e. The van der Waals surface area contributed by atoms with Crippen molar-refractivity contribution >= 4 is 12.3 Å². The van der Waals surface area contributed by atoms with Crippen LogP contribution in [0, 0.1) is 0 Å². The molecule has 1 N–H and O–H groups in total. The maximum absolute atomic E-state index is 10.7. The van der Waals surface area contributed by atoms with Gasteiger partial charge in [0, 0.05) is 19.8 Å². The fourth-order valence-corrected chi connectivity index (χ4v) is 1.59. The molecule has 4 heteroatoms. The predicted molar refractivity (Wildman–Crippen MR) is 49.6 cm³/mol. The largest absolute Gasteiger partial charge is 0.462 e. The number of aliphatic hydroxyl groups is 1. The highest BCUT2D eigenvalue weighted by atomic mass is 16.5. The molecule has 0 aromatic carbocycles. The first-order valence-electron chi connectivity index (χ1n) is 4.54. The first-order valence-corrected chi connectivity index (χ1v) is 4.54. The van der Waals surface area contributed by atoms with E-state index in [1.165, 1.54) is 6.92 Å². The van der Waals surface area contributed by atoms with E-state index < -0.39 is 6.10 Å². The molecular formula is C10H14O4. The van der Waals surface area contributed by atoms with Gasteiger partial charge < -0.3 is 9.84 Å². The molecule has 0 aliphatic heterocycles. The van der Waals surface area contributed by atoms with Crippen LogP contribution in [-0.2, 0) is 14.3 Å². The normalized spacial score (nSPS) is 27.4. The van der Waals surface area contributed by atoms with Crippen molar-refractivity contribution in [1.82, 2.24) is 0 Å². The molecule has 78 valence electrons. The van der Waals surface area contributed by atoms with E-state index in [1.54, 1.807) is 6.92 Å². The average molecular weight is 198 g/mol. The highest BCUT2D eigenvalue weighted by molar-refractivity contribution is 5.75. The predicted octanol–water partition coefficient (Wildman–Crippen LogP) is 0.588. The Morgan fingerprint density at radius 1 is 1.64 bits per heavy atom. The number of ether oxygens (including phenoxy) is 1. The third-order valence-corrected chi connectivity index (χ3v) is 2.41. The summed E-state index contributed by atoms with van der Waals surface area (Å²) in [6.07, 6.45) is 0.461. The average Bonchev–Trinajstić information content (AvgIpc) is 2.10. The Kier molecular flexibility index (Phi) is 3.41. The fourth-order valence-electron chi connectivity index (χ4n) is 1.59. The Morgan fingerprint density at radius 3 is 2.79 bits per heavy atom. The minimum Gasteiger partial charge on any atom is -0.462 e. The van der Waals surface area contributed by atoms with Crippen molar-refractivity contribution < 1.29 is 19.4 Å². The molecule has 0 bridgehead atoms. The molecule has 14 heavy (non-hydrogen) atoms. The number of aldehydes is 1. The third kappa shape index (κ3) is 2.42. The molecule has 0 saturated carbocycles. The summed E-state index contributed by atoms with van der Waals surface area (Å²) in [6.45, 7) is 3.04. The number of hydrogen-bond acceptors (Lipinski definition) is 4. The summed E-state index contributed by atoms with van der Waals surface area (Å²) in [5, 5.41) is 9.55. The van der Waals surface area contributed by atoms with Crippen LogP contribution >= 0.6 is 0 Å². The van der Waals surface area contributed by atoms with Gasteiger partial charge in [-0.2, -0.15) is 0 Å². The zero-order valence-corrected chi connectivity index (χ0v) is 8.32. The SMILES string of the molecule is CC(=O)O[C@@H]1CC(C=O)=C(C)[C@@H](O)C1. The molecule has 0 fully saturated rings. The summed E-state index contributed by atoms with van der Waals surface area (Å²) in [6, 6.07) is 0. The second-order valence-corrected chi connectivity index (χ2v) is 3.51. The van der Waals surface area contributed by atoms with Crippen molar-refractivity contribution in [2.24, 2.45) is 0 Å². The smallest absolute Gasteiger partial charge is 0.302 e.